The first-order valence-corrected chi connectivity index (χ1v) is 5.51. The summed E-state index contributed by atoms with van der Waals surface area (Å²) in [5, 5.41) is 2.34. The predicted molar refractivity (Wildman–Crippen MR) is 60.1 cm³/mol. The molecule has 0 unspecified atom stereocenters. The summed E-state index contributed by atoms with van der Waals surface area (Å²) in [7, 11) is 0. The summed E-state index contributed by atoms with van der Waals surface area (Å²) < 4.78 is 35.8. The number of rotatable bonds is 4. The number of anilines is 1. The van der Waals surface area contributed by atoms with Crippen LogP contribution in [-0.2, 0) is 11.2 Å². The van der Waals surface area contributed by atoms with Crippen molar-refractivity contribution in [1.82, 2.24) is 9.97 Å². The van der Waals surface area contributed by atoms with Crippen molar-refractivity contribution in [2.45, 2.75) is 39.3 Å². The molecule has 1 rings (SSSR count). The van der Waals surface area contributed by atoms with Gasteiger partial charge in [-0.15, -0.1) is 0 Å². The molecule has 7 heteroatoms. The Kier molecular flexibility index (Phi) is 4.63. The third-order valence-electron chi connectivity index (χ3n) is 2.16. The Hall–Kier alpha value is -1.66. The highest BCUT2D eigenvalue weighted by Gasteiger charge is 2.27. The fourth-order valence-corrected chi connectivity index (χ4v) is 1.34. The first kappa shape index (κ1) is 14.4. The summed E-state index contributed by atoms with van der Waals surface area (Å²) in [4.78, 5) is 19.3. The molecule has 0 fully saturated rings. The second-order valence-corrected chi connectivity index (χ2v) is 3.81. The van der Waals surface area contributed by atoms with Crippen LogP contribution in [0, 0.1) is 6.92 Å². The zero-order valence-electron chi connectivity index (χ0n) is 10.1. The maximum absolute atomic E-state index is 11.9. The molecule has 18 heavy (non-hydrogen) atoms. The monoisotopic (exact) mass is 261 g/mol. The number of aromatic nitrogens is 2. The van der Waals surface area contributed by atoms with Crippen LogP contribution in [0.5, 0.6) is 0 Å². The van der Waals surface area contributed by atoms with E-state index >= 15 is 0 Å². The third kappa shape index (κ3) is 5.11. The molecule has 1 aromatic heterocycles. The van der Waals surface area contributed by atoms with Gasteiger partial charge in [-0.05, 0) is 13.3 Å². The van der Waals surface area contributed by atoms with E-state index in [1.54, 1.807) is 13.0 Å². The largest absolute Gasteiger partial charge is 0.389 e. The van der Waals surface area contributed by atoms with Gasteiger partial charge in [0.25, 0.3) is 0 Å². The Morgan fingerprint density at radius 3 is 2.61 bits per heavy atom. The minimum atomic E-state index is -4.33. The Morgan fingerprint density at radius 1 is 1.39 bits per heavy atom. The molecule has 0 spiro atoms. The SMILES string of the molecule is CCc1cc(NC(=O)CCC(F)(F)F)nc(C)n1. The van der Waals surface area contributed by atoms with Gasteiger partial charge >= 0.3 is 6.18 Å². The van der Waals surface area contributed by atoms with Crippen LogP contribution in [0.1, 0.15) is 31.3 Å². The summed E-state index contributed by atoms with van der Waals surface area (Å²) in [6, 6.07) is 1.55. The fraction of sp³-hybridized carbons (Fsp3) is 0.545. The second kappa shape index (κ2) is 5.79. The molecule has 1 N–H and O–H groups in total. The molecule has 100 valence electrons. The van der Waals surface area contributed by atoms with Crippen LogP contribution < -0.4 is 5.32 Å². The average molecular weight is 261 g/mol. The van der Waals surface area contributed by atoms with Crippen molar-refractivity contribution in [3.8, 4) is 0 Å². The number of carbonyl (C=O) groups excluding carboxylic acids is 1. The first-order valence-electron chi connectivity index (χ1n) is 5.51. The Labute approximate surface area is 103 Å². The molecule has 0 aliphatic carbocycles. The molecule has 0 aliphatic rings. The molecule has 0 aromatic carbocycles. The zero-order valence-corrected chi connectivity index (χ0v) is 10.1. The van der Waals surface area contributed by atoms with Crippen molar-refractivity contribution in [2.24, 2.45) is 0 Å². The third-order valence-corrected chi connectivity index (χ3v) is 2.16. The molecule has 0 saturated carbocycles. The summed E-state index contributed by atoms with van der Waals surface area (Å²) in [6.45, 7) is 3.54. The molecule has 1 amide bonds. The van der Waals surface area contributed by atoms with E-state index in [9.17, 15) is 18.0 Å². The van der Waals surface area contributed by atoms with Crippen molar-refractivity contribution >= 4 is 11.7 Å². The van der Waals surface area contributed by atoms with Crippen molar-refractivity contribution in [3.05, 3.63) is 17.6 Å². The van der Waals surface area contributed by atoms with Crippen molar-refractivity contribution in [1.29, 1.82) is 0 Å². The van der Waals surface area contributed by atoms with Crippen LogP contribution in [0.2, 0.25) is 0 Å². The number of halogens is 3. The van der Waals surface area contributed by atoms with E-state index in [1.165, 1.54) is 0 Å². The van der Waals surface area contributed by atoms with E-state index in [0.717, 1.165) is 5.69 Å². The molecule has 1 heterocycles. The highest BCUT2D eigenvalue weighted by atomic mass is 19.4. The van der Waals surface area contributed by atoms with Crippen LogP contribution in [0.15, 0.2) is 6.07 Å². The zero-order chi connectivity index (χ0) is 13.8. The number of carbonyl (C=O) groups is 1. The van der Waals surface area contributed by atoms with E-state index < -0.39 is 24.9 Å². The number of alkyl halides is 3. The van der Waals surface area contributed by atoms with Crippen LogP contribution in [-0.4, -0.2) is 22.1 Å². The van der Waals surface area contributed by atoms with Crippen molar-refractivity contribution in [2.75, 3.05) is 5.32 Å². The van der Waals surface area contributed by atoms with Gasteiger partial charge in [-0.3, -0.25) is 4.79 Å². The van der Waals surface area contributed by atoms with Gasteiger partial charge in [0.15, 0.2) is 0 Å². The van der Waals surface area contributed by atoms with Gasteiger partial charge in [-0.25, -0.2) is 9.97 Å². The van der Waals surface area contributed by atoms with Gasteiger partial charge in [0.1, 0.15) is 11.6 Å². The standard InChI is InChI=1S/C11H14F3N3O/c1-3-8-6-9(16-7(2)15-8)17-10(18)4-5-11(12,13)14/h6H,3-5H2,1-2H3,(H,15,16,17,18). The second-order valence-electron chi connectivity index (χ2n) is 3.81. The van der Waals surface area contributed by atoms with E-state index in [2.05, 4.69) is 15.3 Å². The summed E-state index contributed by atoms with van der Waals surface area (Å²) in [5.74, 6) is 0.0134. The first-order chi connectivity index (χ1) is 8.30. The maximum atomic E-state index is 11.9. The van der Waals surface area contributed by atoms with E-state index in [1.807, 2.05) is 6.92 Å². The minimum Gasteiger partial charge on any atom is -0.311 e. The summed E-state index contributed by atoms with van der Waals surface area (Å²) in [6.07, 6.45) is -5.40. The van der Waals surface area contributed by atoms with Crippen molar-refractivity contribution < 1.29 is 18.0 Å². The molecule has 1 aromatic rings. The quantitative estimate of drug-likeness (QED) is 0.906. The van der Waals surface area contributed by atoms with E-state index in [-0.39, 0.29) is 5.82 Å². The Morgan fingerprint density at radius 2 is 2.06 bits per heavy atom. The number of nitrogens with zero attached hydrogens (tertiary/aromatic N) is 2. The topological polar surface area (TPSA) is 54.9 Å². The van der Waals surface area contributed by atoms with Gasteiger partial charge in [-0.2, -0.15) is 13.2 Å². The number of hydrogen-bond donors (Lipinski definition) is 1. The fourth-order valence-electron chi connectivity index (χ4n) is 1.34. The van der Waals surface area contributed by atoms with Crippen LogP contribution in [0.25, 0.3) is 0 Å². The molecule has 0 atom stereocenters. The van der Waals surface area contributed by atoms with Crippen LogP contribution >= 0.6 is 0 Å². The normalized spacial score (nSPS) is 11.4. The minimum absolute atomic E-state index is 0.242. The maximum Gasteiger partial charge on any atom is 0.389 e. The van der Waals surface area contributed by atoms with E-state index in [4.69, 9.17) is 0 Å². The van der Waals surface area contributed by atoms with E-state index in [0.29, 0.717) is 12.2 Å². The van der Waals surface area contributed by atoms with Gasteiger partial charge in [0, 0.05) is 18.2 Å². The highest BCUT2D eigenvalue weighted by molar-refractivity contribution is 5.89. The molecule has 0 radical (unpaired) electrons. The highest BCUT2D eigenvalue weighted by Crippen LogP contribution is 2.21. The molecule has 0 saturated heterocycles. The lowest BCUT2D eigenvalue weighted by atomic mass is 10.2. The van der Waals surface area contributed by atoms with Gasteiger partial charge < -0.3 is 5.32 Å². The van der Waals surface area contributed by atoms with Crippen LogP contribution in [0.4, 0.5) is 19.0 Å². The molecule has 0 bridgehead atoms. The number of hydrogen-bond acceptors (Lipinski definition) is 3. The average Bonchev–Trinajstić information content (AvgIpc) is 2.24. The molecule has 4 nitrogen and oxygen atoms in total. The Bertz CT molecular complexity index is 432. The van der Waals surface area contributed by atoms with Gasteiger partial charge in [-0.1, -0.05) is 6.92 Å². The van der Waals surface area contributed by atoms with Gasteiger partial charge in [0.05, 0.1) is 6.42 Å². The Balaban J connectivity index is 2.61. The summed E-state index contributed by atoms with van der Waals surface area (Å²) in [5.41, 5.74) is 0.730. The predicted octanol–water partition coefficient (Wildman–Crippen LogP) is 2.63. The van der Waals surface area contributed by atoms with Crippen molar-refractivity contribution in [3.63, 3.8) is 0 Å². The van der Waals surface area contributed by atoms with Gasteiger partial charge in [0.2, 0.25) is 5.91 Å². The number of aryl methyl sites for hydroxylation is 2. The number of amides is 1. The lowest BCUT2D eigenvalue weighted by molar-refractivity contribution is -0.142. The lowest BCUT2D eigenvalue weighted by Crippen LogP contribution is -2.17. The molecular formula is C11H14F3N3O. The number of nitrogens with one attached hydrogen (secondary N) is 1. The lowest BCUT2D eigenvalue weighted by Gasteiger charge is -2.08. The van der Waals surface area contributed by atoms with Crippen LogP contribution in [0.3, 0.4) is 0 Å². The molecule has 0 aliphatic heterocycles. The molecular weight excluding hydrogens is 247 g/mol. The smallest absolute Gasteiger partial charge is 0.311 e. The summed E-state index contributed by atoms with van der Waals surface area (Å²) >= 11 is 0.